The topological polar surface area (TPSA) is 46.1 Å². The van der Waals surface area contributed by atoms with E-state index in [9.17, 15) is 4.79 Å². The lowest BCUT2D eigenvalue weighted by Gasteiger charge is -2.17. The number of rotatable bonds is 3. The summed E-state index contributed by atoms with van der Waals surface area (Å²) in [4.78, 5) is 12.5. The molecule has 0 saturated carbocycles. The van der Waals surface area contributed by atoms with E-state index in [4.69, 9.17) is 0 Å². The zero-order chi connectivity index (χ0) is 13.2. The Labute approximate surface area is 116 Å². The van der Waals surface area contributed by atoms with Crippen LogP contribution in [0.25, 0.3) is 0 Å². The van der Waals surface area contributed by atoms with Crippen LogP contribution in [0.4, 0.5) is 11.4 Å². The van der Waals surface area contributed by atoms with E-state index in [2.05, 4.69) is 21.3 Å². The third-order valence-corrected chi connectivity index (χ3v) is 4.21. The fraction of sp³-hybridized carbons (Fsp3) is 0.214. The molecule has 1 amide bonds. The Morgan fingerprint density at radius 3 is 3.11 bits per heavy atom. The first-order chi connectivity index (χ1) is 9.22. The van der Waals surface area contributed by atoms with Gasteiger partial charge in [0.1, 0.15) is 0 Å². The second-order valence-corrected chi connectivity index (χ2v) is 5.53. The molecule has 0 spiro atoms. The van der Waals surface area contributed by atoms with E-state index in [0.717, 1.165) is 22.8 Å². The largest absolute Gasteiger partial charge is 0.379 e. The summed E-state index contributed by atoms with van der Waals surface area (Å²) in [6.45, 7) is 0.767. The second-order valence-electron chi connectivity index (χ2n) is 4.51. The highest BCUT2D eigenvalue weighted by Gasteiger charge is 2.15. The van der Waals surface area contributed by atoms with Gasteiger partial charge in [-0.3, -0.25) is 4.79 Å². The van der Waals surface area contributed by atoms with Crippen LogP contribution < -0.4 is 10.6 Å². The Balaban J connectivity index is 1.74. The first kappa shape index (κ1) is 12.2. The lowest BCUT2D eigenvalue weighted by molar-refractivity contribution is -0.113. The molecule has 1 aliphatic heterocycles. The summed E-state index contributed by atoms with van der Waals surface area (Å²) in [7, 11) is 2.03. The van der Waals surface area contributed by atoms with Crippen LogP contribution in [0.1, 0.15) is 5.69 Å². The van der Waals surface area contributed by atoms with Crippen molar-refractivity contribution in [1.82, 2.24) is 4.57 Å². The Morgan fingerprint density at radius 1 is 1.42 bits per heavy atom. The number of aromatic nitrogens is 1. The Hall–Kier alpha value is -1.88. The predicted octanol–water partition coefficient (Wildman–Crippen LogP) is 2.68. The fourth-order valence-corrected chi connectivity index (χ4v) is 2.85. The number of carbonyl (C=O) groups excluding carboxylic acids is 1. The van der Waals surface area contributed by atoms with Gasteiger partial charge in [-0.25, -0.2) is 0 Å². The molecule has 0 aliphatic carbocycles. The minimum absolute atomic E-state index is 0.0667. The number of amides is 1. The van der Waals surface area contributed by atoms with Crippen LogP contribution in [0.3, 0.4) is 0 Å². The number of benzene rings is 1. The van der Waals surface area contributed by atoms with Crippen molar-refractivity contribution in [3.8, 4) is 0 Å². The maximum absolute atomic E-state index is 11.4. The van der Waals surface area contributed by atoms with Crippen molar-refractivity contribution in [2.75, 3.05) is 16.4 Å². The molecule has 2 N–H and O–H groups in total. The van der Waals surface area contributed by atoms with Gasteiger partial charge in [0.2, 0.25) is 5.91 Å². The predicted molar refractivity (Wildman–Crippen MR) is 78.5 cm³/mol. The summed E-state index contributed by atoms with van der Waals surface area (Å²) >= 11 is 1.58. The number of aryl methyl sites for hydroxylation is 1. The summed E-state index contributed by atoms with van der Waals surface area (Å²) in [5, 5.41) is 6.27. The second kappa shape index (κ2) is 5.01. The van der Waals surface area contributed by atoms with Crippen molar-refractivity contribution in [1.29, 1.82) is 0 Å². The Morgan fingerprint density at radius 2 is 2.32 bits per heavy atom. The highest BCUT2D eigenvalue weighted by Crippen LogP contribution is 2.33. The maximum atomic E-state index is 11.4. The van der Waals surface area contributed by atoms with Crippen LogP contribution in [0.15, 0.2) is 41.4 Å². The number of thioether (sulfide) groups is 1. The molecule has 2 aromatic rings. The zero-order valence-corrected chi connectivity index (χ0v) is 11.5. The standard InChI is InChI=1S/C14H15N3OS/c1-17-6-2-3-11(17)8-15-10-4-5-13-12(7-10)16-14(18)9-19-13/h2-7,15H,8-9H2,1H3,(H,16,18). The van der Waals surface area contributed by atoms with E-state index >= 15 is 0 Å². The number of anilines is 2. The maximum Gasteiger partial charge on any atom is 0.234 e. The molecular formula is C14H15N3OS. The van der Waals surface area contributed by atoms with E-state index in [0.29, 0.717) is 5.75 Å². The molecule has 1 aromatic heterocycles. The van der Waals surface area contributed by atoms with Crippen molar-refractivity contribution >= 4 is 29.0 Å². The van der Waals surface area contributed by atoms with Crippen LogP contribution in [-0.4, -0.2) is 16.2 Å². The number of nitrogens with one attached hydrogen (secondary N) is 2. The van der Waals surface area contributed by atoms with Gasteiger partial charge in [0.15, 0.2) is 0 Å². The molecule has 0 bridgehead atoms. The highest BCUT2D eigenvalue weighted by atomic mass is 32.2. The third-order valence-electron chi connectivity index (χ3n) is 3.14. The average Bonchev–Trinajstić information content (AvgIpc) is 2.81. The molecule has 0 radical (unpaired) electrons. The first-order valence-corrected chi connectivity index (χ1v) is 7.12. The van der Waals surface area contributed by atoms with Gasteiger partial charge in [-0.05, 0) is 30.3 Å². The number of hydrogen-bond donors (Lipinski definition) is 2. The zero-order valence-electron chi connectivity index (χ0n) is 10.6. The number of hydrogen-bond acceptors (Lipinski definition) is 3. The Kier molecular flexibility index (Phi) is 3.21. The molecule has 3 rings (SSSR count). The molecule has 0 fully saturated rings. The molecule has 1 aromatic carbocycles. The van der Waals surface area contributed by atoms with Gasteiger partial charge >= 0.3 is 0 Å². The van der Waals surface area contributed by atoms with Crippen molar-refractivity contribution in [3.05, 3.63) is 42.2 Å². The van der Waals surface area contributed by atoms with Gasteiger partial charge in [-0.2, -0.15) is 0 Å². The summed E-state index contributed by atoms with van der Waals surface area (Å²) < 4.78 is 2.09. The van der Waals surface area contributed by atoms with E-state index in [-0.39, 0.29) is 5.91 Å². The molecule has 0 atom stereocenters. The molecule has 98 valence electrons. The summed E-state index contributed by atoms with van der Waals surface area (Å²) in [5.41, 5.74) is 3.14. The van der Waals surface area contributed by atoms with Crippen LogP contribution >= 0.6 is 11.8 Å². The van der Waals surface area contributed by atoms with Crippen molar-refractivity contribution in [2.24, 2.45) is 7.05 Å². The van der Waals surface area contributed by atoms with Crippen LogP contribution in [0, 0.1) is 0 Å². The molecule has 19 heavy (non-hydrogen) atoms. The van der Waals surface area contributed by atoms with E-state index in [1.165, 1.54) is 5.69 Å². The molecular weight excluding hydrogens is 258 g/mol. The SMILES string of the molecule is Cn1cccc1CNc1ccc2c(c1)NC(=O)CS2. The van der Waals surface area contributed by atoms with Gasteiger partial charge in [0.25, 0.3) is 0 Å². The van der Waals surface area contributed by atoms with Crippen LogP contribution in [0.5, 0.6) is 0 Å². The smallest absolute Gasteiger partial charge is 0.234 e. The van der Waals surface area contributed by atoms with Crippen molar-refractivity contribution < 1.29 is 4.79 Å². The summed E-state index contributed by atoms with van der Waals surface area (Å²) in [5.74, 6) is 0.570. The lowest BCUT2D eigenvalue weighted by atomic mass is 10.2. The molecule has 1 aliphatic rings. The highest BCUT2D eigenvalue weighted by molar-refractivity contribution is 8.00. The van der Waals surface area contributed by atoms with Crippen LogP contribution in [0.2, 0.25) is 0 Å². The first-order valence-electron chi connectivity index (χ1n) is 6.13. The fourth-order valence-electron chi connectivity index (χ4n) is 2.07. The van der Waals surface area contributed by atoms with Crippen molar-refractivity contribution in [2.45, 2.75) is 11.4 Å². The van der Waals surface area contributed by atoms with Crippen LogP contribution in [-0.2, 0) is 18.4 Å². The number of carbonyl (C=O) groups is 1. The molecule has 5 heteroatoms. The monoisotopic (exact) mass is 273 g/mol. The number of fused-ring (bicyclic) bond motifs is 1. The minimum atomic E-state index is 0.0667. The third kappa shape index (κ3) is 2.61. The lowest BCUT2D eigenvalue weighted by Crippen LogP contribution is -2.18. The van der Waals surface area contributed by atoms with E-state index in [1.54, 1.807) is 11.8 Å². The molecule has 2 heterocycles. The molecule has 4 nitrogen and oxygen atoms in total. The average molecular weight is 273 g/mol. The van der Waals surface area contributed by atoms with E-state index in [1.807, 2.05) is 37.5 Å². The van der Waals surface area contributed by atoms with Gasteiger partial charge in [-0.15, -0.1) is 11.8 Å². The van der Waals surface area contributed by atoms with Gasteiger partial charge in [0.05, 0.1) is 18.0 Å². The normalized spacial score (nSPS) is 13.8. The molecule has 0 saturated heterocycles. The number of nitrogens with zero attached hydrogens (tertiary/aromatic N) is 1. The summed E-state index contributed by atoms with van der Waals surface area (Å²) in [6.07, 6.45) is 2.03. The van der Waals surface area contributed by atoms with Gasteiger partial charge < -0.3 is 15.2 Å². The van der Waals surface area contributed by atoms with Crippen molar-refractivity contribution in [3.63, 3.8) is 0 Å². The molecule has 0 unspecified atom stereocenters. The summed E-state index contributed by atoms with van der Waals surface area (Å²) in [6, 6.07) is 10.2. The minimum Gasteiger partial charge on any atom is -0.379 e. The Bertz CT molecular complexity index is 621. The van der Waals surface area contributed by atoms with Gasteiger partial charge in [0, 0.05) is 29.5 Å². The quantitative estimate of drug-likeness (QED) is 0.904. The van der Waals surface area contributed by atoms with E-state index < -0.39 is 0 Å². The van der Waals surface area contributed by atoms with Gasteiger partial charge in [-0.1, -0.05) is 0 Å².